The molecule has 6 heteroatoms. The second kappa shape index (κ2) is 6.30. The molecule has 1 aliphatic rings. The third kappa shape index (κ3) is 4.21. The van der Waals surface area contributed by atoms with E-state index in [1.54, 1.807) is 6.07 Å². The Morgan fingerprint density at radius 3 is 2.60 bits per heavy atom. The van der Waals surface area contributed by atoms with E-state index in [4.69, 9.17) is 5.26 Å². The van der Waals surface area contributed by atoms with Crippen molar-refractivity contribution in [2.45, 2.75) is 18.9 Å². The molecule has 0 radical (unpaired) electrons. The van der Waals surface area contributed by atoms with Gasteiger partial charge in [-0.1, -0.05) is 0 Å². The first-order chi connectivity index (χ1) is 7.24. The van der Waals surface area contributed by atoms with Gasteiger partial charge in [0.1, 0.15) is 6.54 Å². The summed E-state index contributed by atoms with van der Waals surface area (Å²) in [4.78, 5) is 22.4. The molecule has 0 saturated carbocycles. The normalized spacial score (nSPS) is 16.5. The van der Waals surface area contributed by atoms with Crippen LogP contribution in [0.2, 0.25) is 0 Å². The van der Waals surface area contributed by atoms with Crippen LogP contribution in [0.4, 0.5) is 0 Å². The highest BCUT2D eigenvalue weighted by molar-refractivity contribution is 7.99. The zero-order valence-corrected chi connectivity index (χ0v) is 9.10. The van der Waals surface area contributed by atoms with Crippen molar-refractivity contribution in [2.75, 3.05) is 18.1 Å². The van der Waals surface area contributed by atoms with Gasteiger partial charge in [-0.25, -0.2) is 0 Å². The molecule has 15 heavy (non-hydrogen) atoms. The first kappa shape index (κ1) is 11.9. The Bertz CT molecular complexity index is 282. The standard InChI is InChI=1S/C9H13N3O2S/c10-3-4-11-8(13)9(14)12-7-1-5-15-6-2-7/h7H,1-2,4-6H2,(H,11,13)(H,12,14). The lowest BCUT2D eigenvalue weighted by molar-refractivity contribution is -0.139. The van der Waals surface area contributed by atoms with E-state index < -0.39 is 11.8 Å². The molecule has 0 aliphatic carbocycles. The van der Waals surface area contributed by atoms with Gasteiger partial charge in [0.25, 0.3) is 0 Å². The highest BCUT2D eigenvalue weighted by Gasteiger charge is 2.19. The van der Waals surface area contributed by atoms with Crippen LogP contribution < -0.4 is 10.6 Å². The minimum atomic E-state index is -0.727. The van der Waals surface area contributed by atoms with E-state index in [2.05, 4.69) is 10.6 Å². The van der Waals surface area contributed by atoms with Gasteiger partial charge in [0.05, 0.1) is 6.07 Å². The molecular weight excluding hydrogens is 214 g/mol. The Kier molecular flexibility index (Phi) is 4.98. The Balaban J connectivity index is 2.27. The average molecular weight is 227 g/mol. The monoisotopic (exact) mass is 227 g/mol. The van der Waals surface area contributed by atoms with E-state index in [9.17, 15) is 9.59 Å². The minimum absolute atomic E-state index is 0.103. The van der Waals surface area contributed by atoms with E-state index in [1.807, 2.05) is 11.8 Å². The minimum Gasteiger partial charge on any atom is -0.345 e. The number of thioether (sulfide) groups is 1. The second-order valence-electron chi connectivity index (χ2n) is 3.20. The number of rotatable bonds is 2. The van der Waals surface area contributed by atoms with Crippen molar-refractivity contribution in [3.05, 3.63) is 0 Å². The van der Waals surface area contributed by atoms with Gasteiger partial charge in [-0.15, -0.1) is 0 Å². The number of hydrogen-bond acceptors (Lipinski definition) is 4. The van der Waals surface area contributed by atoms with Gasteiger partial charge < -0.3 is 10.6 Å². The molecule has 1 aliphatic heterocycles. The SMILES string of the molecule is N#CCNC(=O)C(=O)NC1CCSCC1. The largest absolute Gasteiger partial charge is 0.345 e. The quantitative estimate of drug-likeness (QED) is 0.498. The molecule has 1 rings (SSSR count). The zero-order chi connectivity index (χ0) is 11.1. The van der Waals surface area contributed by atoms with Gasteiger partial charge in [-0.2, -0.15) is 17.0 Å². The lowest BCUT2D eigenvalue weighted by Crippen LogP contribution is -2.45. The van der Waals surface area contributed by atoms with Crippen LogP contribution in [0, 0.1) is 11.3 Å². The van der Waals surface area contributed by atoms with E-state index in [0.717, 1.165) is 24.3 Å². The first-order valence-electron chi connectivity index (χ1n) is 4.77. The van der Waals surface area contributed by atoms with Crippen molar-refractivity contribution in [3.8, 4) is 6.07 Å². The van der Waals surface area contributed by atoms with Gasteiger partial charge >= 0.3 is 11.8 Å². The molecule has 1 fully saturated rings. The molecule has 0 unspecified atom stereocenters. The third-order valence-electron chi connectivity index (χ3n) is 2.09. The van der Waals surface area contributed by atoms with Crippen LogP contribution in [0.3, 0.4) is 0 Å². The molecule has 0 bridgehead atoms. The summed E-state index contributed by atoms with van der Waals surface area (Å²) in [6, 6.07) is 1.85. The molecule has 2 amide bonds. The Morgan fingerprint density at radius 2 is 2.00 bits per heavy atom. The molecule has 1 heterocycles. The predicted molar refractivity (Wildman–Crippen MR) is 57.1 cm³/mol. The first-order valence-corrected chi connectivity index (χ1v) is 5.93. The van der Waals surface area contributed by atoms with Crippen molar-refractivity contribution >= 4 is 23.6 Å². The maximum absolute atomic E-state index is 11.3. The maximum atomic E-state index is 11.3. The molecule has 82 valence electrons. The van der Waals surface area contributed by atoms with Crippen LogP contribution in [-0.4, -0.2) is 35.9 Å². The molecule has 0 aromatic carbocycles. The van der Waals surface area contributed by atoms with Crippen molar-refractivity contribution in [1.29, 1.82) is 5.26 Å². The number of carbonyl (C=O) groups is 2. The lowest BCUT2D eigenvalue weighted by atomic mass is 10.1. The molecule has 2 N–H and O–H groups in total. The van der Waals surface area contributed by atoms with E-state index >= 15 is 0 Å². The summed E-state index contributed by atoms with van der Waals surface area (Å²) in [5.74, 6) is 0.673. The summed E-state index contributed by atoms with van der Waals surface area (Å²) >= 11 is 1.85. The highest BCUT2D eigenvalue weighted by Crippen LogP contribution is 2.16. The van der Waals surface area contributed by atoms with Crippen LogP contribution in [0.25, 0.3) is 0 Å². The molecule has 1 saturated heterocycles. The molecule has 0 spiro atoms. The van der Waals surface area contributed by atoms with Crippen molar-refractivity contribution < 1.29 is 9.59 Å². The van der Waals surface area contributed by atoms with Gasteiger partial charge in [-0.3, -0.25) is 9.59 Å². The fourth-order valence-corrected chi connectivity index (χ4v) is 2.40. The maximum Gasteiger partial charge on any atom is 0.310 e. The smallest absolute Gasteiger partial charge is 0.310 e. The topological polar surface area (TPSA) is 82.0 Å². The van der Waals surface area contributed by atoms with Gasteiger partial charge in [-0.05, 0) is 24.3 Å². The molecule has 0 aromatic rings. The summed E-state index contributed by atoms with van der Waals surface area (Å²) in [6.07, 6.45) is 1.81. The highest BCUT2D eigenvalue weighted by atomic mass is 32.2. The van der Waals surface area contributed by atoms with E-state index in [-0.39, 0.29) is 12.6 Å². The van der Waals surface area contributed by atoms with Crippen LogP contribution in [0.15, 0.2) is 0 Å². The number of amides is 2. The number of hydrogen-bond donors (Lipinski definition) is 2. The predicted octanol–water partition coefficient (Wildman–Crippen LogP) is -0.362. The second-order valence-corrected chi connectivity index (χ2v) is 4.43. The zero-order valence-electron chi connectivity index (χ0n) is 8.28. The number of nitriles is 1. The van der Waals surface area contributed by atoms with Gasteiger partial charge in [0.2, 0.25) is 0 Å². The fraction of sp³-hybridized carbons (Fsp3) is 0.667. The van der Waals surface area contributed by atoms with E-state index in [1.165, 1.54) is 0 Å². The van der Waals surface area contributed by atoms with Gasteiger partial charge in [0.15, 0.2) is 0 Å². The van der Waals surface area contributed by atoms with Crippen LogP contribution in [0.5, 0.6) is 0 Å². The Hall–Kier alpha value is -1.22. The summed E-state index contributed by atoms with van der Waals surface area (Å²) in [5, 5.41) is 13.1. The average Bonchev–Trinajstić information content (AvgIpc) is 2.27. The van der Waals surface area contributed by atoms with Crippen molar-refractivity contribution in [3.63, 3.8) is 0 Å². The number of nitrogens with one attached hydrogen (secondary N) is 2. The van der Waals surface area contributed by atoms with Crippen molar-refractivity contribution in [2.24, 2.45) is 0 Å². The molecule has 0 atom stereocenters. The molecule has 5 nitrogen and oxygen atoms in total. The Morgan fingerprint density at radius 1 is 1.33 bits per heavy atom. The molecular formula is C9H13N3O2S. The van der Waals surface area contributed by atoms with Gasteiger partial charge in [0, 0.05) is 6.04 Å². The van der Waals surface area contributed by atoms with Crippen LogP contribution in [0.1, 0.15) is 12.8 Å². The van der Waals surface area contributed by atoms with E-state index in [0.29, 0.717) is 0 Å². The molecule has 0 aromatic heterocycles. The number of nitrogens with zero attached hydrogens (tertiary/aromatic N) is 1. The summed E-state index contributed by atoms with van der Waals surface area (Å²) in [6.45, 7) is -0.132. The number of carbonyl (C=O) groups excluding carboxylic acids is 2. The summed E-state index contributed by atoms with van der Waals surface area (Å²) in [7, 11) is 0. The fourth-order valence-electron chi connectivity index (χ4n) is 1.29. The summed E-state index contributed by atoms with van der Waals surface area (Å²) < 4.78 is 0. The third-order valence-corrected chi connectivity index (χ3v) is 3.14. The van der Waals surface area contributed by atoms with Crippen LogP contribution in [-0.2, 0) is 9.59 Å². The summed E-state index contributed by atoms with van der Waals surface area (Å²) in [5.41, 5.74) is 0. The Labute approximate surface area is 92.6 Å². The lowest BCUT2D eigenvalue weighted by Gasteiger charge is -2.21. The van der Waals surface area contributed by atoms with Crippen LogP contribution >= 0.6 is 11.8 Å². The van der Waals surface area contributed by atoms with Crippen molar-refractivity contribution in [1.82, 2.24) is 10.6 Å².